The predicted octanol–water partition coefficient (Wildman–Crippen LogP) is 4.66. The van der Waals surface area contributed by atoms with Crippen LogP contribution in [0.5, 0.6) is 5.75 Å². The normalized spacial score (nSPS) is 12.2. The molecule has 0 bridgehead atoms. The van der Waals surface area contributed by atoms with Crippen LogP contribution in [0.15, 0.2) is 34.9 Å². The third-order valence-corrected chi connectivity index (χ3v) is 4.30. The third kappa shape index (κ3) is 4.10. The molecular formula is C15H15BrCl2N2O. The fourth-order valence-corrected chi connectivity index (χ4v) is 3.19. The van der Waals surface area contributed by atoms with Crippen LogP contribution in [0.2, 0.25) is 10.0 Å². The highest BCUT2D eigenvalue weighted by molar-refractivity contribution is 9.10. The number of aromatic nitrogens is 1. The number of methoxy groups -OCH3 is 1. The summed E-state index contributed by atoms with van der Waals surface area (Å²) in [6.07, 6.45) is 2.37. The first-order chi connectivity index (χ1) is 10.0. The first kappa shape index (κ1) is 16.6. The van der Waals surface area contributed by atoms with E-state index in [1.165, 1.54) is 0 Å². The van der Waals surface area contributed by atoms with E-state index in [2.05, 4.69) is 26.2 Å². The fourth-order valence-electron chi connectivity index (χ4n) is 2.09. The molecule has 1 atom stereocenters. The molecule has 0 radical (unpaired) electrons. The zero-order chi connectivity index (χ0) is 15.4. The van der Waals surface area contributed by atoms with Gasteiger partial charge in [0.2, 0.25) is 0 Å². The number of hydrogen-bond donors (Lipinski definition) is 1. The average molecular weight is 390 g/mol. The van der Waals surface area contributed by atoms with Crippen molar-refractivity contribution in [2.24, 2.45) is 0 Å². The van der Waals surface area contributed by atoms with Gasteiger partial charge in [-0.05, 0) is 53.2 Å². The van der Waals surface area contributed by atoms with E-state index in [0.29, 0.717) is 10.0 Å². The molecule has 0 aliphatic heterocycles. The molecule has 1 heterocycles. The number of likely N-dealkylation sites (N-methyl/N-ethyl adjacent to an activating group) is 1. The maximum Gasteiger partial charge on any atom is 0.133 e. The summed E-state index contributed by atoms with van der Waals surface area (Å²) in [5.74, 6) is 0.808. The summed E-state index contributed by atoms with van der Waals surface area (Å²) < 4.78 is 6.16. The van der Waals surface area contributed by atoms with Crippen LogP contribution < -0.4 is 10.1 Å². The van der Waals surface area contributed by atoms with E-state index in [4.69, 9.17) is 27.9 Å². The van der Waals surface area contributed by atoms with Crippen LogP contribution in [0.25, 0.3) is 0 Å². The molecule has 2 aromatic rings. The molecule has 0 fully saturated rings. The average Bonchev–Trinajstić information content (AvgIpc) is 2.45. The molecular weight excluding hydrogens is 375 g/mol. The van der Waals surface area contributed by atoms with Gasteiger partial charge in [-0.15, -0.1) is 0 Å². The Morgan fingerprint density at radius 3 is 2.67 bits per heavy atom. The van der Waals surface area contributed by atoms with Crippen molar-refractivity contribution in [2.45, 2.75) is 12.5 Å². The van der Waals surface area contributed by atoms with Gasteiger partial charge >= 0.3 is 0 Å². The molecule has 6 heteroatoms. The number of nitrogens with zero attached hydrogens (tertiary/aromatic N) is 1. The lowest BCUT2D eigenvalue weighted by atomic mass is 10.0. The maximum atomic E-state index is 6.23. The zero-order valence-electron chi connectivity index (χ0n) is 11.7. The molecule has 3 nitrogen and oxygen atoms in total. The monoisotopic (exact) mass is 388 g/mol. The highest BCUT2D eigenvalue weighted by Crippen LogP contribution is 2.29. The van der Waals surface area contributed by atoms with E-state index in [-0.39, 0.29) is 6.04 Å². The SMILES string of the molecule is CNC(Cc1ccc(OC)c(Br)c1)c1ncc(Cl)cc1Cl. The Balaban J connectivity index is 2.24. The third-order valence-electron chi connectivity index (χ3n) is 3.17. The van der Waals surface area contributed by atoms with Crippen molar-refractivity contribution in [3.8, 4) is 5.75 Å². The van der Waals surface area contributed by atoms with E-state index in [1.807, 2.05) is 25.2 Å². The van der Waals surface area contributed by atoms with Gasteiger partial charge < -0.3 is 10.1 Å². The topological polar surface area (TPSA) is 34.1 Å². The van der Waals surface area contributed by atoms with Crippen molar-refractivity contribution in [2.75, 3.05) is 14.2 Å². The Morgan fingerprint density at radius 1 is 1.33 bits per heavy atom. The lowest BCUT2D eigenvalue weighted by Crippen LogP contribution is -2.20. The number of benzene rings is 1. The quantitative estimate of drug-likeness (QED) is 0.807. The Kier molecular flexibility index (Phi) is 5.88. The highest BCUT2D eigenvalue weighted by Gasteiger charge is 2.16. The van der Waals surface area contributed by atoms with Gasteiger partial charge in [-0.1, -0.05) is 29.3 Å². The first-order valence-electron chi connectivity index (χ1n) is 6.35. The molecule has 2 rings (SSSR count). The largest absolute Gasteiger partial charge is 0.496 e. The molecule has 0 amide bonds. The Labute approximate surface area is 142 Å². The van der Waals surface area contributed by atoms with Crippen LogP contribution in [0, 0.1) is 0 Å². The lowest BCUT2D eigenvalue weighted by Gasteiger charge is -2.17. The number of ether oxygens (including phenoxy) is 1. The summed E-state index contributed by atoms with van der Waals surface area (Å²) >= 11 is 15.6. The molecule has 0 spiro atoms. The van der Waals surface area contributed by atoms with Crippen LogP contribution in [-0.2, 0) is 6.42 Å². The van der Waals surface area contributed by atoms with Crippen molar-refractivity contribution in [3.05, 3.63) is 56.2 Å². The van der Waals surface area contributed by atoms with Gasteiger partial charge in [0.1, 0.15) is 5.75 Å². The van der Waals surface area contributed by atoms with Crippen molar-refractivity contribution >= 4 is 39.1 Å². The standard InChI is InChI=1S/C15H15BrCl2N2O/c1-19-13(15-12(18)7-10(17)8-20-15)6-9-3-4-14(21-2)11(16)5-9/h3-5,7-8,13,19H,6H2,1-2H3. The molecule has 1 aromatic carbocycles. The second-order valence-electron chi connectivity index (χ2n) is 4.53. The molecule has 1 unspecified atom stereocenters. The van der Waals surface area contributed by atoms with E-state index < -0.39 is 0 Å². The number of hydrogen-bond acceptors (Lipinski definition) is 3. The summed E-state index contributed by atoms with van der Waals surface area (Å²) in [5.41, 5.74) is 1.94. The number of pyridine rings is 1. The summed E-state index contributed by atoms with van der Waals surface area (Å²) in [5, 5.41) is 4.34. The van der Waals surface area contributed by atoms with Gasteiger partial charge in [0.05, 0.1) is 33.4 Å². The Morgan fingerprint density at radius 2 is 2.10 bits per heavy atom. The molecule has 112 valence electrons. The highest BCUT2D eigenvalue weighted by atomic mass is 79.9. The van der Waals surface area contributed by atoms with Crippen molar-refractivity contribution in [1.29, 1.82) is 0 Å². The number of nitrogens with one attached hydrogen (secondary N) is 1. The van der Waals surface area contributed by atoms with Crippen LogP contribution in [0.1, 0.15) is 17.3 Å². The Bertz CT molecular complexity index is 637. The minimum Gasteiger partial charge on any atom is -0.496 e. The summed E-state index contributed by atoms with van der Waals surface area (Å²) in [7, 11) is 3.53. The van der Waals surface area contributed by atoms with Crippen molar-refractivity contribution in [1.82, 2.24) is 10.3 Å². The molecule has 0 saturated carbocycles. The molecule has 0 saturated heterocycles. The van der Waals surface area contributed by atoms with Gasteiger partial charge in [0.25, 0.3) is 0 Å². The molecule has 0 aliphatic carbocycles. The van der Waals surface area contributed by atoms with E-state index in [0.717, 1.165) is 27.9 Å². The summed E-state index contributed by atoms with van der Waals surface area (Å²) in [6.45, 7) is 0. The minimum absolute atomic E-state index is 0.00932. The van der Waals surface area contributed by atoms with Crippen molar-refractivity contribution < 1.29 is 4.74 Å². The van der Waals surface area contributed by atoms with Crippen LogP contribution in [0.4, 0.5) is 0 Å². The van der Waals surface area contributed by atoms with E-state index in [1.54, 1.807) is 19.4 Å². The lowest BCUT2D eigenvalue weighted by molar-refractivity contribution is 0.412. The van der Waals surface area contributed by atoms with Crippen LogP contribution >= 0.6 is 39.1 Å². The van der Waals surface area contributed by atoms with E-state index in [9.17, 15) is 0 Å². The molecule has 1 aromatic heterocycles. The number of halogens is 3. The van der Waals surface area contributed by atoms with Gasteiger partial charge in [0.15, 0.2) is 0 Å². The molecule has 0 aliphatic rings. The maximum absolute atomic E-state index is 6.23. The smallest absolute Gasteiger partial charge is 0.133 e. The second kappa shape index (κ2) is 7.45. The predicted molar refractivity (Wildman–Crippen MR) is 90.5 cm³/mol. The molecule has 21 heavy (non-hydrogen) atoms. The first-order valence-corrected chi connectivity index (χ1v) is 7.90. The Hall–Kier alpha value is -0.810. The van der Waals surface area contributed by atoms with Gasteiger partial charge in [0, 0.05) is 6.20 Å². The van der Waals surface area contributed by atoms with Gasteiger partial charge in [-0.25, -0.2) is 0 Å². The second-order valence-corrected chi connectivity index (χ2v) is 6.23. The summed E-state index contributed by atoms with van der Waals surface area (Å²) in [6, 6.07) is 7.71. The van der Waals surface area contributed by atoms with Gasteiger partial charge in [-0.3, -0.25) is 4.98 Å². The molecule has 1 N–H and O–H groups in total. The fraction of sp³-hybridized carbons (Fsp3) is 0.267. The van der Waals surface area contributed by atoms with Gasteiger partial charge in [-0.2, -0.15) is 0 Å². The van der Waals surface area contributed by atoms with Crippen molar-refractivity contribution in [3.63, 3.8) is 0 Å². The zero-order valence-corrected chi connectivity index (χ0v) is 14.8. The number of rotatable bonds is 5. The van der Waals surface area contributed by atoms with Crippen LogP contribution in [-0.4, -0.2) is 19.1 Å². The summed E-state index contributed by atoms with van der Waals surface area (Å²) in [4.78, 5) is 4.34. The van der Waals surface area contributed by atoms with Crippen LogP contribution in [0.3, 0.4) is 0 Å². The van der Waals surface area contributed by atoms with E-state index >= 15 is 0 Å². The minimum atomic E-state index is 0.00932.